The molecule has 0 radical (unpaired) electrons. The van der Waals surface area contributed by atoms with Crippen LogP contribution in [-0.2, 0) is 14.8 Å². The zero-order valence-corrected chi connectivity index (χ0v) is 16.8. The molecule has 6 nitrogen and oxygen atoms in total. The Morgan fingerprint density at radius 1 is 1.04 bits per heavy atom. The lowest BCUT2D eigenvalue weighted by Crippen LogP contribution is -2.24. The number of hydrogen-bond acceptors (Lipinski definition) is 4. The fourth-order valence-electron chi connectivity index (χ4n) is 2.20. The Bertz CT molecular complexity index is 911. The van der Waals surface area contributed by atoms with Gasteiger partial charge < -0.3 is 10.6 Å². The first-order chi connectivity index (χ1) is 12.1. The van der Waals surface area contributed by atoms with Gasteiger partial charge in [0, 0.05) is 35.5 Å². The topological polar surface area (TPSA) is 78.5 Å². The van der Waals surface area contributed by atoms with Crippen LogP contribution in [0.4, 0.5) is 11.4 Å². The highest BCUT2D eigenvalue weighted by Crippen LogP contribution is 2.23. The minimum atomic E-state index is -3.56. The van der Waals surface area contributed by atoms with Crippen LogP contribution in [0.15, 0.2) is 41.3 Å². The molecule has 0 aromatic heterocycles. The van der Waals surface area contributed by atoms with Gasteiger partial charge in [-0.2, -0.15) is 0 Å². The molecule has 26 heavy (non-hydrogen) atoms. The number of nitrogens with one attached hydrogen (secondary N) is 2. The second kappa shape index (κ2) is 8.26. The van der Waals surface area contributed by atoms with E-state index >= 15 is 0 Å². The van der Waals surface area contributed by atoms with Crippen molar-refractivity contribution in [3.63, 3.8) is 0 Å². The number of halogens is 2. The maximum absolute atomic E-state index is 12.3. The molecule has 0 aliphatic rings. The van der Waals surface area contributed by atoms with Crippen LogP contribution in [0.1, 0.15) is 5.56 Å². The van der Waals surface area contributed by atoms with E-state index in [0.29, 0.717) is 27.0 Å². The fourth-order valence-corrected chi connectivity index (χ4v) is 3.87. The smallest absolute Gasteiger partial charge is 0.243 e. The number of rotatable bonds is 6. The van der Waals surface area contributed by atoms with E-state index in [1.54, 1.807) is 37.3 Å². The van der Waals surface area contributed by atoms with Gasteiger partial charge in [-0.3, -0.25) is 4.79 Å². The van der Waals surface area contributed by atoms with Crippen LogP contribution in [0.5, 0.6) is 0 Å². The molecule has 0 aliphatic carbocycles. The van der Waals surface area contributed by atoms with E-state index < -0.39 is 10.0 Å². The van der Waals surface area contributed by atoms with Crippen molar-refractivity contribution in [3.8, 4) is 0 Å². The summed E-state index contributed by atoms with van der Waals surface area (Å²) in [7, 11) is -0.622. The summed E-state index contributed by atoms with van der Waals surface area (Å²) in [4.78, 5) is 12.3. The monoisotopic (exact) mass is 415 g/mol. The number of carbonyl (C=O) groups is 1. The Kier molecular flexibility index (Phi) is 6.52. The molecular weight excluding hydrogens is 397 g/mol. The number of benzene rings is 2. The van der Waals surface area contributed by atoms with Gasteiger partial charge in [0.25, 0.3) is 0 Å². The number of amides is 1. The molecule has 0 spiro atoms. The van der Waals surface area contributed by atoms with Crippen molar-refractivity contribution >= 4 is 50.5 Å². The summed E-state index contributed by atoms with van der Waals surface area (Å²) in [5.41, 5.74) is 1.63. The Hall–Kier alpha value is -1.80. The van der Waals surface area contributed by atoms with Crippen LogP contribution in [-0.4, -0.2) is 39.3 Å². The number of carbonyl (C=O) groups excluding carboxylic acids is 1. The van der Waals surface area contributed by atoms with E-state index in [1.807, 2.05) is 0 Å². The number of anilines is 2. The molecule has 0 heterocycles. The van der Waals surface area contributed by atoms with Gasteiger partial charge in [0.2, 0.25) is 15.9 Å². The molecule has 2 rings (SSSR count). The molecule has 0 atom stereocenters. The van der Waals surface area contributed by atoms with Crippen LogP contribution >= 0.6 is 23.2 Å². The zero-order valence-electron chi connectivity index (χ0n) is 14.5. The highest BCUT2D eigenvalue weighted by Gasteiger charge is 2.20. The van der Waals surface area contributed by atoms with E-state index in [1.165, 1.54) is 20.2 Å². The number of sulfonamides is 1. The Labute approximate surface area is 163 Å². The minimum absolute atomic E-state index is 0.0470. The van der Waals surface area contributed by atoms with E-state index in [0.717, 1.165) is 4.31 Å². The lowest BCUT2D eigenvalue weighted by molar-refractivity contribution is -0.114. The van der Waals surface area contributed by atoms with Gasteiger partial charge in [0.1, 0.15) is 0 Å². The van der Waals surface area contributed by atoms with Crippen molar-refractivity contribution < 1.29 is 13.2 Å². The van der Waals surface area contributed by atoms with Crippen molar-refractivity contribution in [3.05, 3.63) is 52.0 Å². The van der Waals surface area contributed by atoms with Crippen LogP contribution in [0.2, 0.25) is 10.0 Å². The first-order valence-electron chi connectivity index (χ1n) is 7.62. The van der Waals surface area contributed by atoms with Gasteiger partial charge in [-0.15, -0.1) is 0 Å². The molecule has 0 aliphatic heterocycles. The average molecular weight is 416 g/mol. The molecular formula is C17H19Cl2N3O3S. The quantitative estimate of drug-likeness (QED) is 0.754. The van der Waals surface area contributed by atoms with Gasteiger partial charge in [0.05, 0.1) is 11.4 Å². The third kappa shape index (κ3) is 5.11. The highest BCUT2D eigenvalue weighted by molar-refractivity contribution is 7.89. The summed E-state index contributed by atoms with van der Waals surface area (Å²) >= 11 is 11.8. The summed E-state index contributed by atoms with van der Waals surface area (Å²) in [6.45, 7) is 1.67. The highest BCUT2D eigenvalue weighted by atomic mass is 35.5. The summed E-state index contributed by atoms with van der Waals surface area (Å²) < 4.78 is 25.8. The third-order valence-corrected chi connectivity index (χ3v) is 5.94. The van der Waals surface area contributed by atoms with Crippen LogP contribution in [0, 0.1) is 6.92 Å². The fraction of sp³-hybridized carbons (Fsp3) is 0.235. The average Bonchev–Trinajstić information content (AvgIpc) is 2.52. The summed E-state index contributed by atoms with van der Waals surface area (Å²) in [6, 6.07) is 9.64. The lowest BCUT2D eigenvalue weighted by atomic mass is 10.2. The van der Waals surface area contributed by atoms with Crippen LogP contribution < -0.4 is 10.6 Å². The van der Waals surface area contributed by atoms with Gasteiger partial charge >= 0.3 is 0 Å². The first-order valence-corrected chi connectivity index (χ1v) is 9.82. The van der Waals surface area contributed by atoms with Crippen molar-refractivity contribution in [2.75, 3.05) is 31.3 Å². The van der Waals surface area contributed by atoms with Gasteiger partial charge in [-0.1, -0.05) is 29.3 Å². The molecule has 0 saturated heterocycles. The first kappa shape index (κ1) is 20.5. The molecule has 0 saturated carbocycles. The Morgan fingerprint density at radius 3 is 2.23 bits per heavy atom. The minimum Gasteiger partial charge on any atom is -0.376 e. The van der Waals surface area contributed by atoms with E-state index in [9.17, 15) is 13.2 Å². The second-order valence-corrected chi connectivity index (χ2v) is 8.82. The van der Waals surface area contributed by atoms with Gasteiger partial charge in [0.15, 0.2) is 0 Å². The summed E-state index contributed by atoms with van der Waals surface area (Å²) in [5.74, 6) is -0.319. The summed E-state index contributed by atoms with van der Waals surface area (Å²) in [6.07, 6.45) is 0. The largest absolute Gasteiger partial charge is 0.376 e. The molecule has 0 bridgehead atoms. The van der Waals surface area contributed by atoms with Crippen molar-refractivity contribution in [2.24, 2.45) is 0 Å². The van der Waals surface area contributed by atoms with Crippen molar-refractivity contribution in [1.82, 2.24) is 4.31 Å². The molecule has 2 aromatic rings. The van der Waals surface area contributed by atoms with Crippen molar-refractivity contribution in [1.29, 1.82) is 0 Å². The Morgan fingerprint density at radius 2 is 1.65 bits per heavy atom. The zero-order chi connectivity index (χ0) is 19.5. The van der Waals surface area contributed by atoms with E-state index in [4.69, 9.17) is 23.2 Å². The van der Waals surface area contributed by atoms with Gasteiger partial charge in [-0.05, 0) is 42.8 Å². The normalized spacial score (nSPS) is 11.5. The van der Waals surface area contributed by atoms with Crippen molar-refractivity contribution in [2.45, 2.75) is 11.8 Å². The maximum atomic E-state index is 12.3. The maximum Gasteiger partial charge on any atom is 0.243 e. The molecule has 1 amide bonds. The summed E-state index contributed by atoms with van der Waals surface area (Å²) in [5, 5.41) is 6.41. The molecule has 2 N–H and O–H groups in total. The number of aryl methyl sites for hydroxylation is 1. The third-order valence-electron chi connectivity index (χ3n) is 3.55. The van der Waals surface area contributed by atoms with Gasteiger partial charge in [-0.25, -0.2) is 12.7 Å². The Balaban J connectivity index is 2.09. The van der Waals surface area contributed by atoms with E-state index in [-0.39, 0.29) is 17.3 Å². The molecule has 9 heteroatoms. The molecule has 2 aromatic carbocycles. The number of hydrogen-bond donors (Lipinski definition) is 2. The second-order valence-electron chi connectivity index (χ2n) is 5.83. The predicted octanol–water partition coefficient (Wildman–Crippen LogP) is 3.60. The van der Waals surface area contributed by atoms with Crippen LogP contribution in [0.25, 0.3) is 0 Å². The lowest BCUT2D eigenvalue weighted by Gasteiger charge is -2.15. The van der Waals surface area contributed by atoms with E-state index in [2.05, 4.69) is 10.6 Å². The van der Waals surface area contributed by atoms with Crippen LogP contribution in [0.3, 0.4) is 0 Å². The number of nitrogens with zero attached hydrogens (tertiary/aromatic N) is 1. The molecule has 0 unspecified atom stereocenters. The standard InChI is InChI=1S/C17H19Cl2N3O3S/c1-11-4-5-14(9-16(11)26(24,25)22(2)3)20-10-17(23)21-15-7-12(18)6-13(19)8-15/h4-9,20H,10H2,1-3H3,(H,21,23). The molecule has 140 valence electrons. The SMILES string of the molecule is Cc1ccc(NCC(=O)Nc2cc(Cl)cc(Cl)c2)cc1S(=O)(=O)N(C)C. The predicted molar refractivity (Wildman–Crippen MR) is 106 cm³/mol. The molecule has 0 fully saturated rings.